The van der Waals surface area contributed by atoms with Crippen LogP contribution in [0, 0.1) is 0 Å². The summed E-state index contributed by atoms with van der Waals surface area (Å²) >= 11 is 0. The summed E-state index contributed by atoms with van der Waals surface area (Å²) in [5, 5.41) is 3.36. The first-order chi connectivity index (χ1) is 6.27. The van der Waals surface area contributed by atoms with Gasteiger partial charge in [-0.3, -0.25) is 0 Å². The highest BCUT2D eigenvalue weighted by Gasteiger charge is 2.03. The summed E-state index contributed by atoms with van der Waals surface area (Å²) in [6.45, 7) is 5.24. The molecule has 0 saturated heterocycles. The lowest BCUT2D eigenvalue weighted by atomic mass is 10.1. The van der Waals surface area contributed by atoms with Crippen molar-refractivity contribution in [3.63, 3.8) is 0 Å². The number of methoxy groups -OCH3 is 1. The van der Waals surface area contributed by atoms with E-state index in [0.29, 0.717) is 6.04 Å². The lowest BCUT2D eigenvalue weighted by Crippen LogP contribution is -2.17. The molecule has 1 aromatic carbocycles. The maximum Gasteiger partial charge on any atom is 0.119 e. The van der Waals surface area contributed by atoms with Crippen LogP contribution in [-0.2, 0) is 0 Å². The van der Waals surface area contributed by atoms with Crippen molar-refractivity contribution in [2.45, 2.75) is 19.9 Å². The third-order valence-electron chi connectivity index (χ3n) is 2.10. The first-order valence-electron chi connectivity index (χ1n) is 4.65. The molecule has 0 spiro atoms. The van der Waals surface area contributed by atoms with E-state index in [-0.39, 0.29) is 0 Å². The van der Waals surface area contributed by atoms with Gasteiger partial charge in [0, 0.05) is 6.04 Å². The van der Waals surface area contributed by atoms with Gasteiger partial charge in [-0.25, -0.2) is 0 Å². The molecular weight excluding hydrogens is 162 g/mol. The molecule has 0 fully saturated rings. The Morgan fingerprint density at radius 3 is 2.85 bits per heavy atom. The van der Waals surface area contributed by atoms with E-state index < -0.39 is 0 Å². The Labute approximate surface area is 79.9 Å². The summed E-state index contributed by atoms with van der Waals surface area (Å²) in [5.74, 6) is 0.919. The topological polar surface area (TPSA) is 21.3 Å². The maximum absolute atomic E-state index is 5.16. The fourth-order valence-corrected chi connectivity index (χ4v) is 1.33. The Kier molecular flexibility index (Phi) is 3.77. The van der Waals surface area contributed by atoms with Gasteiger partial charge in [0.15, 0.2) is 0 Å². The molecule has 1 atom stereocenters. The third kappa shape index (κ3) is 2.74. The van der Waals surface area contributed by atoms with Crippen LogP contribution < -0.4 is 10.1 Å². The summed E-state index contributed by atoms with van der Waals surface area (Å²) < 4.78 is 5.16. The molecular formula is C11H17NO. The van der Waals surface area contributed by atoms with E-state index in [2.05, 4.69) is 31.3 Å². The van der Waals surface area contributed by atoms with E-state index in [4.69, 9.17) is 4.74 Å². The molecule has 0 aliphatic rings. The predicted octanol–water partition coefficient (Wildman–Crippen LogP) is 2.37. The Hall–Kier alpha value is -1.02. The van der Waals surface area contributed by atoms with E-state index in [0.717, 1.165) is 12.3 Å². The minimum absolute atomic E-state index is 0.389. The molecule has 0 heterocycles. The molecule has 1 N–H and O–H groups in total. The van der Waals surface area contributed by atoms with Crippen molar-refractivity contribution < 1.29 is 4.74 Å². The van der Waals surface area contributed by atoms with Gasteiger partial charge < -0.3 is 10.1 Å². The normalized spacial score (nSPS) is 12.5. The molecule has 0 aliphatic carbocycles. The smallest absolute Gasteiger partial charge is 0.119 e. The molecule has 0 aromatic heterocycles. The number of hydrogen-bond donors (Lipinski definition) is 1. The minimum atomic E-state index is 0.389. The molecule has 1 aromatic rings. The molecule has 0 amide bonds. The van der Waals surface area contributed by atoms with E-state index >= 15 is 0 Å². The van der Waals surface area contributed by atoms with E-state index in [1.165, 1.54) is 5.56 Å². The van der Waals surface area contributed by atoms with Crippen molar-refractivity contribution in [1.29, 1.82) is 0 Å². The Bertz CT molecular complexity index is 260. The van der Waals surface area contributed by atoms with Crippen molar-refractivity contribution in [2.24, 2.45) is 0 Å². The fraction of sp³-hybridized carbons (Fsp3) is 0.455. The average Bonchev–Trinajstić information content (AvgIpc) is 2.18. The van der Waals surface area contributed by atoms with Crippen LogP contribution in [0.1, 0.15) is 25.5 Å². The second-order valence-electron chi connectivity index (χ2n) is 3.06. The van der Waals surface area contributed by atoms with Crippen LogP contribution in [0.15, 0.2) is 24.3 Å². The van der Waals surface area contributed by atoms with E-state index in [1.807, 2.05) is 12.1 Å². The molecule has 1 unspecified atom stereocenters. The average molecular weight is 179 g/mol. The van der Waals surface area contributed by atoms with Crippen LogP contribution in [-0.4, -0.2) is 13.7 Å². The molecule has 2 nitrogen and oxygen atoms in total. The molecule has 0 bridgehead atoms. The number of benzene rings is 1. The molecule has 13 heavy (non-hydrogen) atoms. The van der Waals surface area contributed by atoms with E-state index in [9.17, 15) is 0 Å². The summed E-state index contributed by atoms with van der Waals surface area (Å²) in [6, 6.07) is 8.54. The largest absolute Gasteiger partial charge is 0.497 e. The van der Waals surface area contributed by atoms with Crippen LogP contribution in [0.25, 0.3) is 0 Å². The lowest BCUT2D eigenvalue weighted by molar-refractivity contribution is 0.413. The highest BCUT2D eigenvalue weighted by Crippen LogP contribution is 2.18. The second kappa shape index (κ2) is 4.87. The molecule has 0 aliphatic heterocycles. The highest BCUT2D eigenvalue weighted by atomic mass is 16.5. The molecule has 0 radical (unpaired) electrons. The second-order valence-corrected chi connectivity index (χ2v) is 3.06. The van der Waals surface area contributed by atoms with Gasteiger partial charge in [-0.2, -0.15) is 0 Å². The van der Waals surface area contributed by atoms with Crippen molar-refractivity contribution >= 4 is 0 Å². The standard InChI is InChI=1S/C11H17NO/c1-4-12-9(2)10-6-5-7-11(8-10)13-3/h5-9,12H,4H2,1-3H3. The van der Waals surface area contributed by atoms with Crippen LogP contribution in [0.5, 0.6) is 5.75 Å². The Morgan fingerprint density at radius 1 is 1.46 bits per heavy atom. The van der Waals surface area contributed by atoms with Gasteiger partial charge in [-0.1, -0.05) is 19.1 Å². The minimum Gasteiger partial charge on any atom is -0.497 e. The van der Waals surface area contributed by atoms with Crippen LogP contribution in [0.3, 0.4) is 0 Å². The summed E-state index contributed by atoms with van der Waals surface area (Å²) in [5.41, 5.74) is 1.27. The lowest BCUT2D eigenvalue weighted by Gasteiger charge is -2.13. The maximum atomic E-state index is 5.16. The number of nitrogens with one attached hydrogen (secondary N) is 1. The van der Waals surface area contributed by atoms with Crippen molar-refractivity contribution in [3.05, 3.63) is 29.8 Å². The highest BCUT2D eigenvalue weighted by molar-refractivity contribution is 5.30. The predicted molar refractivity (Wildman–Crippen MR) is 55.1 cm³/mol. The SMILES string of the molecule is CCNC(C)c1cccc(OC)c1. The fourth-order valence-electron chi connectivity index (χ4n) is 1.33. The van der Waals surface area contributed by atoms with Gasteiger partial charge in [0.1, 0.15) is 5.75 Å². The molecule has 72 valence electrons. The zero-order valence-corrected chi connectivity index (χ0v) is 8.50. The van der Waals surface area contributed by atoms with Crippen molar-refractivity contribution in [2.75, 3.05) is 13.7 Å². The van der Waals surface area contributed by atoms with Gasteiger partial charge >= 0.3 is 0 Å². The summed E-state index contributed by atoms with van der Waals surface area (Å²) in [4.78, 5) is 0. The number of ether oxygens (including phenoxy) is 1. The van der Waals surface area contributed by atoms with Crippen molar-refractivity contribution in [3.8, 4) is 5.75 Å². The summed E-state index contributed by atoms with van der Waals surface area (Å²) in [6.07, 6.45) is 0. The summed E-state index contributed by atoms with van der Waals surface area (Å²) in [7, 11) is 1.69. The van der Waals surface area contributed by atoms with Crippen molar-refractivity contribution in [1.82, 2.24) is 5.32 Å². The zero-order chi connectivity index (χ0) is 9.68. The monoisotopic (exact) mass is 179 g/mol. The van der Waals surface area contributed by atoms with Gasteiger partial charge in [0.05, 0.1) is 7.11 Å². The molecule has 0 saturated carbocycles. The van der Waals surface area contributed by atoms with Crippen LogP contribution in [0.4, 0.5) is 0 Å². The number of rotatable bonds is 4. The van der Waals surface area contributed by atoms with Gasteiger partial charge in [0.25, 0.3) is 0 Å². The van der Waals surface area contributed by atoms with Gasteiger partial charge in [0.2, 0.25) is 0 Å². The van der Waals surface area contributed by atoms with Crippen LogP contribution >= 0.6 is 0 Å². The first-order valence-corrected chi connectivity index (χ1v) is 4.65. The van der Waals surface area contributed by atoms with Gasteiger partial charge in [-0.15, -0.1) is 0 Å². The quantitative estimate of drug-likeness (QED) is 0.766. The zero-order valence-electron chi connectivity index (χ0n) is 8.50. The van der Waals surface area contributed by atoms with Gasteiger partial charge in [-0.05, 0) is 31.2 Å². The Balaban J connectivity index is 2.75. The first kappa shape index (κ1) is 10.1. The van der Waals surface area contributed by atoms with Crippen LogP contribution in [0.2, 0.25) is 0 Å². The third-order valence-corrected chi connectivity index (χ3v) is 2.10. The Morgan fingerprint density at radius 2 is 2.23 bits per heavy atom. The molecule has 1 rings (SSSR count). The number of hydrogen-bond acceptors (Lipinski definition) is 2. The molecule has 2 heteroatoms. The van der Waals surface area contributed by atoms with E-state index in [1.54, 1.807) is 7.11 Å².